The third kappa shape index (κ3) is 2.38. The Morgan fingerprint density at radius 3 is 2.56 bits per heavy atom. The molecule has 0 radical (unpaired) electrons. The van der Waals surface area contributed by atoms with Gasteiger partial charge in [-0.3, -0.25) is 4.79 Å². The molecule has 2 heterocycles. The Morgan fingerprint density at radius 2 is 1.89 bits per heavy atom. The summed E-state index contributed by atoms with van der Waals surface area (Å²) in [5.74, 6) is 0.142. The highest BCUT2D eigenvalue weighted by Gasteiger charge is 2.21. The molecule has 0 aromatic carbocycles. The molecule has 18 heavy (non-hydrogen) atoms. The molecule has 0 aliphatic heterocycles. The van der Waals surface area contributed by atoms with Crippen LogP contribution in [0.4, 0.5) is 0 Å². The Balaban J connectivity index is 1.97. The normalized spacial score (nSPS) is 14.6. The summed E-state index contributed by atoms with van der Waals surface area (Å²) >= 11 is 10.1. The van der Waals surface area contributed by atoms with Gasteiger partial charge in [0.05, 0.1) is 12.4 Å². The van der Waals surface area contributed by atoms with Gasteiger partial charge in [0.1, 0.15) is 0 Å². The van der Waals surface area contributed by atoms with Crippen LogP contribution in [0.2, 0.25) is 0 Å². The lowest BCUT2D eigenvalue weighted by Gasteiger charge is -2.08. The number of ketones is 1. The van der Waals surface area contributed by atoms with E-state index in [0.717, 1.165) is 30.9 Å². The molecule has 0 bridgehead atoms. The zero-order valence-corrected chi connectivity index (χ0v) is 14.3. The van der Waals surface area contributed by atoms with Crippen LogP contribution in [0.1, 0.15) is 38.5 Å². The van der Waals surface area contributed by atoms with Crippen molar-refractivity contribution in [2.24, 2.45) is 0 Å². The van der Waals surface area contributed by atoms with Crippen molar-refractivity contribution in [2.75, 3.05) is 0 Å². The lowest BCUT2D eigenvalue weighted by atomic mass is 9.99. The Morgan fingerprint density at radius 1 is 1.11 bits per heavy atom. The fourth-order valence-electron chi connectivity index (χ4n) is 2.23. The molecule has 5 heteroatoms. The average molecular weight is 406 g/mol. The SMILES string of the molecule is O=C(c1cc2c(s1)CCCC2)c1cc(Br)sc1Br. The van der Waals surface area contributed by atoms with E-state index in [9.17, 15) is 4.79 Å². The maximum absolute atomic E-state index is 12.5. The van der Waals surface area contributed by atoms with Crippen molar-refractivity contribution in [1.82, 2.24) is 0 Å². The maximum atomic E-state index is 12.5. The van der Waals surface area contributed by atoms with Crippen LogP contribution in [0.3, 0.4) is 0 Å². The van der Waals surface area contributed by atoms with E-state index >= 15 is 0 Å². The summed E-state index contributed by atoms with van der Waals surface area (Å²) in [6.07, 6.45) is 4.79. The molecule has 0 unspecified atom stereocenters. The van der Waals surface area contributed by atoms with Crippen LogP contribution in [0.25, 0.3) is 0 Å². The van der Waals surface area contributed by atoms with Gasteiger partial charge in [0.25, 0.3) is 0 Å². The van der Waals surface area contributed by atoms with Gasteiger partial charge in [0.15, 0.2) is 0 Å². The second kappa shape index (κ2) is 5.19. The summed E-state index contributed by atoms with van der Waals surface area (Å²) in [5, 5.41) is 0. The van der Waals surface area contributed by atoms with Crippen molar-refractivity contribution in [3.63, 3.8) is 0 Å². The molecule has 0 saturated heterocycles. The van der Waals surface area contributed by atoms with Crippen molar-refractivity contribution in [3.8, 4) is 0 Å². The molecule has 0 fully saturated rings. The highest BCUT2D eigenvalue weighted by atomic mass is 79.9. The number of aryl methyl sites for hydroxylation is 2. The van der Waals surface area contributed by atoms with E-state index < -0.39 is 0 Å². The molecule has 1 nitrogen and oxygen atoms in total. The van der Waals surface area contributed by atoms with Gasteiger partial charge in [0.2, 0.25) is 5.78 Å². The van der Waals surface area contributed by atoms with Gasteiger partial charge in [-0.05, 0) is 75.2 Å². The lowest BCUT2D eigenvalue weighted by Crippen LogP contribution is -1.97. The number of halogens is 2. The largest absolute Gasteiger partial charge is 0.288 e. The number of thiophene rings is 2. The van der Waals surface area contributed by atoms with Crippen molar-refractivity contribution >= 4 is 60.3 Å². The Kier molecular flexibility index (Phi) is 3.76. The summed E-state index contributed by atoms with van der Waals surface area (Å²) in [7, 11) is 0. The topological polar surface area (TPSA) is 17.1 Å². The molecule has 0 N–H and O–H groups in total. The fourth-order valence-corrected chi connectivity index (χ4v) is 6.23. The molecular formula is C13H10Br2OS2. The van der Waals surface area contributed by atoms with Crippen molar-refractivity contribution in [1.29, 1.82) is 0 Å². The van der Waals surface area contributed by atoms with Crippen molar-refractivity contribution in [3.05, 3.63) is 40.6 Å². The smallest absolute Gasteiger partial charge is 0.204 e. The summed E-state index contributed by atoms with van der Waals surface area (Å²) in [6.45, 7) is 0. The molecule has 2 aromatic heterocycles. The number of hydrogen-bond donors (Lipinski definition) is 0. The zero-order chi connectivity index (χ0) is 12.7. The Labute approximate surface area is 130 Å². The van der Waals surface area contributed by atoms with Gasteiger partial charge >= 0.3 is 0 Å². The average Bonchev–Trinajstić information content (AvgIpc) is 2.91. The van der Waals surface area contributed by atoms with E-state index in [2.05, 4.69) is 37.9 Å². The molecule has 94 valence electrons. The van der Waals surface area contributed by atoms with Crippen molar-refractivity contribution in [2.45, 2.75) is 25.7 Å². The first-order chi connectivity index (χ1) is 8.65. The van der Waals surface area contributed by atoms with Gasteiger partial charge in [-0.25, -0.2) is 0 Å². The van der Waals surface area contributed by atoms with Crippen LogP contribution in [-0.2, 0) is 12.8 Å². The lowest BCUT2D eigenvalue weighted by molar-refractivity contribution is 0.104. The third-order valence-corrected chi connectivity index (χ3v) is 6.70. The van der Waals surface area contributed by atoms with Gasteiger partial charge in [-0.15, -0.1) is 22.7 Å². The van der Waals surface area contributed by atoms with E-state index in [4.69, 9.17) is 0 Å². The molecule has 2 aromatic rings. The van der Waals surface area contributed by atoms with Crippen molar-refractivity contribution < 1.29 is 4.79 Å². The zero-order valence-electron chi connectivity index (χ0n) is 9.46. The van der Waals surface area contributed by atoms with Crippen LogP contribution in [0, 0.1) is 0 Å². The third-order valence-electron chi connectivity index (χ3n) is 3.12. The molecule has 1 aliphatic carbocycles. The first-order valence-corrected chi connectivity index (χ1v) is 8.98. The van der Waals surface area contributed by atoms with Gasteiger partial charge in [-0.2, -0.15) is 0 Å². The highest BCUT2D eigenvalue weighted by molar-refractivity contribution is 9.12. The summed E-state index contributed by atoms with van der Waals surface area (Å²) in [5.41, 5.74) is 2.16. The van der Waals surface area contributed by atoms with Crippen LogP contribution in [0.5, 0.6) is 0 Å². The molecular weight excluding hydrogens is 396 g/mol. The molecule has 1 aliphatic rings. The molecule has 0 amide bonds. The minimum atomic E-state index is 0.142. The molecule has 0 spiro atoms. The number of hydrogen-bond acceptors (Lipinski definition) is 3. The van der Waals surface area contributed by atoms with Crippen LogP contribution < -0.4 is 0 Å². The summed E-state index contributed by atoms with van der Waals surface area (Å²) < 4.78 is 1.89. The number of rotatable bonds is 2. The monoisotopic (exact) mass is 404 g/mol. The predicted octanol–water partition coefficient (Wildman–Crippen LogP) is 5.44. The minimum absolute atomic E-state index is 0.142. The Hall–Kier alpha value is 0.0300. The number of fused-ring (bicyclic) bond motifs is 1. The quantitative estimate of drug-likeness (QED) is 0.607. The summed E-state index contributed by atoms with van der Waals surface area (Å²) in [6, 6.07) is 4.00. The first kappa shape index (κ1) is 13.0. The Bertz CT molecular complexity index is 589. The van der Waals surface area contributed by atoms with E-state index in [1.807, 2.05) is 6.07 Å². The van der Waals surface area contributed by atoms with Crippen LogP contribution in [-0.4, -0.2) is 5.78 Å². The molecule has 0 saturated carbocycles. The van der Waals surface area contributed by atoms with E-state index in [1.165, 1.54) is 23.3 Å². The second-order valence-corrected chi connectivity index (χ2v) is 9.22. The summed E-state index contributed by atoms with van der Waals surface area (Å²) in [4.78, 5) is 14.8. The van der Waals surface area contributed by atoms with Gasteiger partial charge in [0, 0.05) is 10.4 Å². The van der Waals surface area contributed by atoms with Crippen LogP contribution in [0.15, 0.2) is 19.7 Å². The standard InChI is InChI=1S/C13H10Br2OS2/c14-11-6-8(13(15)18-11)12(16)10-5-7-3-1-2-4-9(7)17-10/h5-6H,1-4H2. The highest BCUT2D eigenvalue weighted by Crippen LogP contribution is 2.36. The molecule has 0 atom stereocenters. The van der Waals surface area contributed by atoms with Gasteiger partial charge in [-0.1, -0.05) is 0 Å². The number of carbonyl (C=O) groups excluding carboxylic acids is 1. The van der Waals surface area contributed by atoms with Gasteiger partial charge < -0.3 is 0 Å². The fraction of sp³-hybridized carbons (Fsp3) is 0.308. The van der Waals surface area contributed by atoms with E-state index in [1.54, 1.807) is 22.7 Å². The molecule has 3 rings (SSSR count). The van der Waals surface area contributed by atoms with E-state index in [0.29, 0.717) is 0 Å². The second-order valence-electron chi connectivity index (χ2n) is 4.33. The van der Waals surface area contributed by atoms with E-state index in [-0.39, 0.29) is 5.78 Å². The van der Waals surface area contributed by atoms with Crippen LogP contribution >= 0.6 is 54.5 Å². The first-order valence-electron chi connectivity index (χ1n) is 5.76. The predicted molar refractivity (Wildman–Crippen MR) is 84.1 cm³/mol. The minimum Gasteiger partial charge on any atom is -0.288 e. The maximum Gasteiger partial charge on any atom is 0.204 e. The number of carbonyl (C=O) groups is 1.